The second-order valence-electron chi connectivity index (χ2n) is 6.11. The Morgan fingerprint density at radius 2 is 2.15 bits per heavy atom. The number of anilines is 1. The van der Waals surface area contributed by atoms with Gasteiger partial charge >= 0.3 is 0 Å². The fraction of sp³-hybridized carbons (Fsp3) is 0.667. The van der Waals surface area contributed by atoms with E-state index in [2.05, 4.69) is 29.2 Å². The molecule has 1 saturated heterocycles. The third kappa shape index (κ3) is 3.25. The van der Waals surface area contributed by atoms with E-state index in [9.17, 15) is 0 Å². The molecular weight excluding hydrogens is 272 g/mol. The summed E-state index contributed by atoms with van der Waals surface area (Å²) in [6.45, 7) is 2.91. The number of hydrogen-bond donors (Lipinski definition) is 1. The number of hydrogen-bond acceptors (Lipinski definition) is 4. The summed E-state index contributed by atoms with van der Waals surface area (Å²) in [4.78, 5) is 9.42. The minimum Gasteiger partial charge on any atom is -0.355 e. The number of likely N-dealkylation sites (N-methyl/N-ethyl adjacent to an activating group) is 1. The molecule has 0 aromatic carbocycles. The van der Waals surface area contributed by atoms with E-state index in [4.69, 9.17) is 16.6 Å². The normalized spacial score (nSPS) is 22.8. The molecule has 1 atom stereocenters. The van der Waals surface area contributed by atoms with Gasteiger partial charge in [0.15, 0.2) is 0 Å². The molecule has 0 radical (unpaired) electrons. The fourth-order valence-electron chi connectivity index (χ4n) is 2.67. The molecule has 20 heavy (non-hydrogen) atoms. The summed E-state index contributed by atoms with van der Waals surface area (Å²) >= 11 is 6.26. The molecule has 0 amide bonds. The Balaban J connectivity index is 1.68. The van der Waals surface area contributed by atoms with E-state index in [-0.39, 0.29) is 0 Å². The molecule has 1 aliphatic heterocycles. The van der Waals surface area contributed by atoms with Gasteiger partial charge < -0.3 is 15.1 Å². The molecule has 1 aliphatic carbocycles. The standard InChI is InChI=1S/C15H23ClN4/c1-19(2)12-7-8-20(10-12)15-6-5-13(16)14(18-15)9-17-11-3-4-11/h5-6,11-12,17H,3-4,7-10H2,1-2H3. The lowest BCUT2D eigenvalue weighted by Crippen LogP contribution is -2.31. The summed E-state index contributed by atoms with van der Waals surface area (Å²) < 4.78 is 0. The van der Waals surface area contributed by atoms with Crippen molar-refractivity contribution in [3.63, 3.8) is 0 Å². The largest absolute Gasteiger partial charge is 0.355 e. The van der Waals surface area contributed by atoms with Crippen LogP contribution in [0.25, 0.3) is 0 Å². The van der Waals surface area contributed by atoms with Gasteiger partial charge in [-0.15, -0.1) is 0 Å². The lowest BCUT2D eigenvalue weighted by atomic mass is 10.2. The van der Waals surface area contributed by atoms with Crippen LogP contribution in [-0.2, 0) is 6.54 Å². The van der Waals surface area contributed by atoms with Crippen LogP contribution in [0.3, 0.4) is 0 Å². The van der Waals surface area contributed by atoms with Crippen LogP contribution < -0.4 is 10.2 Å². The van der Waals surface area contributed by atoms with Gasteiger partial charge in [-0.1, -0.05) is 11.6 Å². The first-order valence-electron chi connectivity index (χ1n) is 7.43. The molecule has 1 aromatic rings. The first-order chi connectivity index (χ1) is 9.63. The van der Waals surface area contributed by atoms with Crippen LogP contribution in [0.15, 0.2) is 12.1 Å². The molecule has 4 nitrogen and oxygen atoms in total. The number of nitrogens with zero attached hydrogens (tertiary/aromatic N) is 3. The number of rotatable bonds is 5. The Labute approximate surface area is 126 Å². The predicted octanol–water partition coefficient (Wildman–Crippen LogP) is 2.13. The van der Waals surface area contributed by atoms with E-state index in [1.165, 1.54) is 19.3 Å². The Hall–Kier alpha value is -0.840. The lowest BCUT2D eigenvalue weighted by Gasteiger charge is -2.21. The summed E-state index contributed by atoms with van der Waals surface area (Å²) in [5.41, 5.74) is 0.976. The first kappa shape index (κ1) is 14.1. The van der Waals surface area contributed by atoms with Crippen molar-refractivity contribution in [3.8, 4) is 0 Å². The Bertz CT molecular complexity index is 473. The minimum atomic E-state index is 0.625. The van der Waals surface area contributed by atoms with Crippen molar-refractivity contribution >= 4 is 17.4 Å². The Morgan fingerprint density at radius 3 is 2.80 bits per heavy atom. The zero-order valence-electron chi connectivity index (χ0n) is 12.3. The molecule has 1 aromatic heterocycles. The maximum atomic E-state index is 6.26. The molecule has 1 saturated carbocycles. The molecule has 0 bridgehead atoms. The summed E-state index contributed by atoms with van der Waals surface area (Å²) in [6.07, 6.45) is 3.77. The molecule has 1 N–H and O–H groups in total. The lowest BCUT2D eigenvalue weighted by molar-refractivity contribution is 0.315. The smallest absolute Gasteiger partial charge is 0.129 e. The minimum absolute atomic E-state index is 0.625. The Morgan fingerprint density at radius 1 is 1.35 bits per heavy atom. The molecule has 110 valence electrons. The van der Waals surface area contributed by atoms with Gasteiger partial charge in [-0.3, -0.25) is 0 Å². The summed E-state index contributed by atoms with van der Waals surface area (Å²) in [6, 6.07) is 5.33. The molecule has 2 heterocycles. The third-order valence-corrected chi connectivity index (χ3v) is 4.60. The molecule has 2 fully saturated rings. The molecule has 1 unspecified atom stereocenters. The zero-order chi connectivity index (χ0) is 14.1. The summed E-state index contributed by atoms with van der Waals surface area (Å²) in [5.74, 6) is 1.06. The first-order valence-corrected chi connectivity index (χ1v) is 7.81. The van der Waals surface area contributed by atoms with Crippen LogP contribution in [0.4, 0.5) is 5.82 Å². The van der Waals surface area contributed by atoms with E-state index >= 15 is 0 Å². The number of aromatic nitrogens is 1. The van der Waals surface area contributed by atoms with Gasteiger partial charge in [-0.2, -0.15) is 0 Å². The quantitative estimate of drug-likeness (QED) is 0.901. The van der Waals surface area contributed by atoms with Crippen molar-refractivity contribution in [1.82, 2.24) is 15.2 Å². The highest BCUT2D eigenvalue weighted by Crippen LogP contribution is 2.25. The van der Waals surface area contributed by atoms with Gasteiger partial charge in [0.05, 0.1) is 10.7 Å². The average molecular weight is 295 g/mol. The summed E-state index contributed by atoms with van der Waals surface area (Å²) in [7, 11) is 4.29. The topological polar surface area (TPSA) is 31.4 Å². The van der Waals surface area contributed by atoms with Crippen LogP contribution in [-0.4, -0.2) is 49.2 Å². The van der Waals surface area contributed by atoms with Crippen molar-refractivity contribution in [2.24, 2.45) is 0 Å². The van der Waals surface area contributed by atoms with Crippen LogP contribution in [0.1, 0.15) is 25.0 Å². The molecular formula is C15H23ClN4. The highest BCUT2D eigenvalue weighted by molar-refractivity contribution is 6.31. The van der Waals surface area contributed by atoms with Crippen molar-refractivity contribution in [2.75, 3.05) is 32.1 Å². The average Bonchev–Trinajstić information content (AvgIpc) is 3.12. The Kier molecular flexibility index (Phi) is 4.15. The van der Waals surface area contributed by atoms with Gasteiger partial charge in [0.1, 0.15) is 5.82 Å². The van der Waals surface area contributed by atoms with Gasteiger partial charge in [0.25, 0.3) is 0 Å². The second kappa shape index (κ2) is 5.88. The summed E-state index contributed by atoms with van der Waals surface area (Å²) in [5, 5.41) is 4.25. The van der Waals surface area contributed by atoms with Gasteiger partial charge in [-0.25, -0.2) is 4.98 Å². The van der Waals surface area contributed by atoms with E-state index in [1.54, 1.807) is 0 Å². The van der Waals surface area contributed by atoms with E-state index < -0.39 is 0 Å². The second-order valence-corrected chi connectivity index (χ2v) is 6.51. The van der Waals surface area contributed by atoms with Crippen molar-refractivity contribution in [2.45, 2.75) is 37.9 Å². The fourth-order valence-corrected chi connectivity index (χ4v) is 2.84. The van der Waals surface area contributed by atoms with E-state index in [0.717, 1.165) is 36.2 Å². The van der Waals surface area contributed by atoms with Crippen molar-refractivity contribution in [1.29, 1.82) is 0 Å². The maximum Gasteiger partial charge on any atom is 0.129 e. The highest BCUT2D eigenvalue weighted by atomic mass is 35.5. The van der Waals surface area contributed by atoms with Crippen molar-refractivity contribution < 1.29 is 0 Å². The van der Waals surface area contributed by atoms with Gasteiger partial charge in [0, 0.05) is 31.7 Å². The number of halogens is 1. The predicted molar refractivity (Wildman–Crippen MR) is 83.4 cm³/mol. The zero-order valence-corrected chi connectivity index (χ0v) is 13.0. The SMILES string of the molecule is CN(C)C1CCN(c2ccc(Cl)c(CNC3CC3)n2)C1. The van der Waals surface area contributed by atoms with Gasteiger partial charge in [0.2, 0.25) is 0 Å². The van der Waals surface area contributed by atoms with Crippen LogP contribution in [0.2, 0.25) is 5.02 Å². The van der Waals surface area contributed by atoms with Crippen molar-refractivity contribution in [3.05, 3.63) is 22.8 Å². The van der Waals surface area contributed by atoms with E-state index in [0.29, 0.717) is 12.1 Å². The molecule has 3 rings (SSSR count). The molecule has 2 aliphatic rings. The highest BCUT2D eigenvalue weighted by Gasteiger charge is 2.25. The maximum absolute atomic E-state index is 6.26. The van der Waals surface area contributed by atoms with Crippen LogP contribution in [0, 0.1) is 0 Å². The molecule has 5 heteroatoms. The third-order valence-electron chi connectivity index (χ3n) is 4.26. The van der Waals surface area contributed by atoms with Gasteiger partial charge in [-0.05, 0) is 45.5 Å². The van der Waals surface area contributed by atoms with Crippen LogP contribution >= 0.6 is 11.6 Å². The van der Waals surface area contributed by atoms with Crippen LogP contribution in [0.5, 0.6) is 0 Å². The van der Waals surface area contributed by atoms with E-state index in [1.807, 2.05) is 12.1 Å². The monoisotopic (exact) mass is 294 g/mol. The number of nitrogens with one attached hydrogen (secondary N) is 1. The number of pyridine rings is 1. The molecule has 0 spiro atoms.